The number of fused-ring (bicyclic) bond motifs is 5. The summed E-state index contributed by atoms with van der Waals surface area (Å²) >= 11 is 0. The molecule has 1 aromatic carbocycles. The van der Waals surface area contributed by atoms with Crippen molar-refractivity contribution in [2.45, 2.75) is 39.0 Å². The lowest BCUT2D eigenvalue weighted by Crippen LogP contribution is -2.41. The minimum absolute atomic E-state index is 0.0170. The smallest absolute Gasteiger partial charge is 0.238 e. The number of carbonyl (C=O) groups excluding carboxylic acids is 3. The average molecular weight is 414 g/mol. The highest BCUT2D eigenvalue weighted by Gasteiger charge is 2.63. The lowest BCUT2D eigenvalue weighted by Gasteiger charge is -2.52. The third-order valence-corrected chi connectivity index (χ3v) is 9.30. The number of allylic oxidation sites excluding steroid dienone is 4. The Bertz CT molecular complexity index is 1030. The molecule has 4 atom stereocenters. The summed E-state index contributed by atoms with van der Waals surface area (Å²) in [4.78, 5) is 40.0. The molecule has 1 heterocycles. The van der Waals surface area contributed by atoms with E-state index in [2.05, 4.69) is 12.2 Å². The lowest BCUT2D eigenvalue weighted by molar-refractivity contribution is -0.123. The number of nitrogens with zero attached hydrogens (tertiary/aromatic N) is 1. The van der Waals surface area contributed by atoms with Crippen LogP contribution in [-0.4, -0.2) is 17.6 Å². The second-order valence-corrected chi connectivity index (χ2v) is 10.8. The van der Waals surface area contributed by atoms with Crippen LogP contribution in [0, 0.1) is 47.3 Å². The Kier molecular flexibility index (Phi) is 3.54. The Morgan fingerprint density at radius 2 is 1.29 bits per heavy atom. The predicted molar refractivity (Wildman–Crippen MR) is 116 cm³/mol. The van der Waals surface area contributed by atoms with Gasteiger partial charge in [-0.15, -0.1) is 0 Å². The quantitative estimate of drug-likeness (QED) is 0.406. The molecule has 31 heavy (non-hydrogen) atoms. The van der Waals surface area contributed by atoms with Gasteiger partial charge in [0.25, 0.3) is 0 Å². The molecule has 0 radical (unpaired) electrons. The molecule has 4 unspecified atom stereocenters. The van der Waals surface area contributed by atoms with E-state index < -0.39 is 0 Å². The molecule has 4 nitrogen and oxygen atoms in total. The van der Waals surface area contributed by atoms with Crippen LogP contribution in [0.1, 0.15) is 49.4 Å². The van der Waals surface area contributed by atoms with Crippen molar-refractivity contribution in [3.63, 3.8) is 0 Å². The number of hydrogen-bond acceptors (Lipinski definition) is 3. The first-order chi connectivity index (χ1) is 15.0. The van der Waals surface area contributed by atoms with Gasteiger partial charge in [-0.2, -0.15) is 0 Å². The van der Waals surface area contributed by atoms with Crippen LogP contribution < -0.4 is 4.90 Å². The zero-order chi connectivity index (χ0) is 21.0. The van der Waals surface area contributed by atoms with Crippen molar-refractivity contribution in [3.8, 4) is 0 Å². The van der Waals surface area contributed by atoms with Crippen LogP contribution in [0.15, 0.2) is 47.6 Å². The molecule has 158 valence electrons. The molecule has 0 aromatic heterocycles. The standard InChI is InChI=1S/C27H27NO3/c1-13(29)16-2-4-19(5-3-16)28-26(30)24-20-6-7-21(25(24)27(28)31)23(20)22-17-9-14-8-15(11-17)12-18(22)10-14/h2-7,14-15,17-18,20-21,24-25H,8-12H2,1H3. The summed E-state index contributed by atoms with van der Waals surface area (Å²) in [5, 5.41) is 0. The van der Waals surface area contributed by atoms with Gasteiger partial charge in [-0.1, -0.05) is 23.3 Å². The van der Waals surface area contributed by atoms with Gasteiger partial charge in [0.1, 0.15) is 0 Å². The van der Waals surface area contributed by atoms with Gasteiger partial charge < -0.3 is 0 Å². The molecule has 1 aromatic rings. The zero-order valence-corrected chi connectivity index (χ0v) is 17.8. The third kappa shape index (κ3) is 2.29. The van der Waals surface area contributed by atoms with E-state index in [0.29, 0.717) is 23.1 Å². The summed E-state index contributed by atoms with van der Waals surface area (Å²) in [6.45, 7) is 1.52. The van der Waals surface area contributed by atoms with Crippen molar-refractivity contribution in [2.75, 3.05) is 4.90 Å². The first-order valence-corrected chi connectivity index (χ1v) is 11.9. The van der Waals surface area contributed by atoms with Crippen LogP contribution in [-0.2, 0) is 9.59 Å². The van der Waals surface area contributed by atoms with Gasteiger partial charge in [0.15, 0.2) is 5.78 Å². The van der Waals surface area contributed by atoms with Gasteiger partial charge in [-0.3, -0.25) is 14.4 Å². The van der Waals surface area contributed by atoms with Crippen molar-refractivity contribution >= 4 is 23.3 Å². The maximum absolute atomic E-state index is 13.5. The Hall–Kier alpha value is -2.49. The normalized spacial score (nSPS) is 41.6. The van der Waals surface area contributed by atoms with Crippen LogP contribution in [0.4, 0.5) is 5.69 Å². The number of Topliss-reactive ketones (excluding diaryl/α,β-unsaturated/α-hetero) is 1. The van der Waals surface area contributed by atoms with Gasteiger partial charge in [-0.05, 0) is 87.0 Å². The summed E-state index contributed by atoms with van der Waals surface area (Å²) in [7, 11) is 0. The van der Waals surface area contributed by atoms with Crippen LogP contribution in [0.5, 0.6) is 0 Å². The van der Waals surface area contributed by atoms with Crippen LogP contribution >= 0.6 is 0 Å². The second kappa shape index (κ2) is 6.05. The lowest BCUT2D eigenvalue weighted by atomic mass is 9.53. The largest absolute Gasteiger partial charge is 0.295 e. The molecule has 1 aliphatic heterocycles. The number of ketones is 1. The third-order valence-electron chi connectivity index (χ3n) is 9.30. The minimum Gasteiger partial charge on any atom is -0.295 e. The average Bonchev–Trinajstić information content (AvgIpc) is 3.37. The van der Waals surface area contributed by atoms with E-state index in [9.17, 15) is 14.4 Å². The second-order valence-electron chi connectivity index (χ2n) is 10.8. The molecule has 1 saturated heterocycles. The van der Waals surface area contributed by atoms with Gasteiger partial charge in [0.05, 0.1) is 17.5 Å². The highest BCUT2D eigenvalue weighted by molar-refractivity contribution is 6.23. The Balaban J connectivity index is 1.25. The fraction of sp³-hybridized carbons (Fsp3) is 0.519. The van der Waals surface area contributed by atoms with E-state index in [-0.39, 0.29) is 41.3 Å². The number of imide groups is 1. The first-order valence-electron chi connectivity index (χ1n) is 11.9. The van der Waals surface area contributed by atoms with Crippen molar-refractivity contribution in [1.29, 1.82) is 0 Å². The Morgan fingerprint density at radius 1 is 0.774 bits per heavy atom. The summed E-state index contributed by atoms with van der Waals surface area (Å²) in [6.07, 6.45) is 11.2. The molecule has 8 rings (SSSR count). The molecule has 6 fully saturated rings. The van der Waals surface area contributed by atoms with E-state index in [4.69, 9.17) is 0 Å². The minimum atomic E-state index is -0.241. The topological polar surface area (TPSA) is 54.5 Å². The van der Waals surface area contributed by atoms with E-state index in [1.165, 1.54) is 49.5 Å². The SMILES string of the molecule is CC(=O)c1ccc(N2C(=O)C3C4C=CC(C4=C4C5CC6CC(C5)CC4C6)C3C2=O)cc1. The fourth-order valence-electron chi connectivity index (χ4n) is 8.41. The van der Waals surface area contributed by atoms with E-state index in [1.54, 1.807) is 29.8 Å². The van der Waals surface area contributed by atoms with E-state index in [0.717, 1.165) is 11.8 Å². The highest BCUT2D eigenvalue weighted by atomic mass is 16.2. The molecular formula is C27H27NO3. The zero-order valence-electron chi connectivity index (χ0n) is 17.8. The van der Waals surface area contributed by atoms with Crippen LogP contribution in [0.3, 0.4) is 0 Å². The van der Waals surface area contributed by atoms with Gasteiger partial charge in [0.2, 0.25) is 11.8 Å². The van der Waals surface area contributed by atoms with Gasteiger partial charge >= 0.3 is 0 Å². The maximum atomic E-state index is 13.5. The van der Waals surface area contributed by atoms with Crippen molar-refractivity contribution in [3.05, 3.63) is 53.1 Å². The van der Waals surface area contributed by atoms with E-state index >= 15 is 0 Å². The number of hydrogen-bond donors (Lipinski definition) is 0. The fourth-order valence-corrected chi connectivity index (χ4v) is 8.41. The van der Waals surface area contributed by atoms with E-state index in [1.807, 2.05) is 0 Å². The summed E-state index contributed by atoms with van der Waals surface area (Å²) < 4.78 is 0. The monoisotopic (exact) mass is 413 g/mol. The molecular weight excluding hydrogens is 386 g/mol. The molecule has 0 N–H and O–H groups in total. The molecule has 6 aliphatic carbocycles. The van der Waals surface area contributed by atoms with Crippen LogP contribution in [0.25, 0.3) is 0 Å². The number of rotatable bonds is 2. The molecule has 6 bridgehead atoms. The van der Waals surface area contributed by atoms with Crippen LogP contribution in [0.2, 0.25) is 0 Å². The van der Waals surface area contributed by atoms with Gasteiger partial charge in [0, 0.05) is 17.4 Å². The number of amides is 2. The molecule has 4 heteroatoms. The first kappa shape index (κ1) is 18.1. The Morgan fingerprint density at radius 3 is 1.77 bits per heavy atom. The molecule has 0 spiro atoms. The Labute approximate surface area is 182 Å². The number of benzene rings is 1. The predicted octanol–water partition coefficient (Wildman–Crippen LogP) is 4.56. The highest BCUT2D eigenvalue weighted by Crippen LogP contribution is 2.63. The summed E-state index contributed by atoms with van der Waals surface area (Å²) in [5.41, 5.74) is 4.33. The maximum Gasteiger partial charge on any atom is 0.238 e. The molecule has 5 saturated carbocycles. The molecule has 2 amide bonds. The van der Waals surface area contributed by atoms with Crippen molar-refractivity contribution < 1.29 is 14.4 Å². The van der Waals surface area contributed by atoms with Crippen molar-refractivity contribution in [2.24, 2.45) is 47.3 Å². The van der Waals surface area contributed by atoms with Gasteiger partial charge in [-0.25, -0.2) is 4.90 Å². The summed E-state index contributed by atoms with van der Waals surface area (Å²) in [5.74, 6) is 2.85. The number of anilines is 1. The number of carbonyl (C=O) groups is 3. The summed E-state index contributed by atoms with van der Waals surface area (Å²) in [6, 6.07) is 6.89. The molecule has 7 aliphatic rings. The van der Waals surface area contributed by atoms with Crippen molar-refractivity contribution in [1.82, 2.24) is 0 Å².